The van der Waals surface area contributed by atoms with Crippen molar-refractivity contribution < 1.29 is 14.3 Å². The van der Waals surface area contributed by atoms with Crippen LogP contribution in [0.25, 0.3) is 0 Å². The van der Waals surface area contributed by atoms with Gasteiger partial charge in [0.1, 0.15) is 11.4 Å². The van der Waals surface area contributed by atoms with Crippen molar-refractivity contribution in [3.05, 3.63) is 58.0 Å². The summed E-state index contributed by atoms with van der Waals surface area (Å²) in [5.74, 6) is 0.548. The van der Waals surface area contributed by atoms with E-state index < -0.39 is 0 Å². The molecule has 0 saturated carbocycles. The number of benzene rings is 1. The maximum atomic E-state index is 12.4. The first kappa shape index (κ1) is 19.6. The van der Waals surface area contributed by atoms with Gasteiger partial charge in [0.15, 0.2) is 0 Å². The van der Waals surface area contributed by atoms with Crippen LogP contribution < -0.4 is 15.6 Å². The maximum absolute atomic E-state index is 12.4. The molecule has 0 aliphatic carbocycles. The molecule has 2 heterocycles. The third kappa shape index (κ3) is 5.18. The molecule has 1 saturated heterocycles. The summed E-state index contributed by atoms with van der Waals surface area (Å²) in [6.07, 6.45) is 1.68. The van der Waals surface area contributed by atoms with Gasteiger partial charge in [-0.2, -0.15) is 5.10 Å². The molecule has 2 amide bonds. The molecule has 8 heteroatoms. The average molecular weight is 384 g/mol. The lowest BCUT2D eigenvalue weighted by molar-refractivity contribution is -0.121. The minimum atomic E-state index is -0.342. The Hall–Kier alpha value is -3.16. The zero-order chi connectivity index (χ0) is 19.9. The molecular formula is C20H24N4O4. The molecule has 2 aromatic rings. The molecule has 148 valence electrons. The van der Waals surface area contributed by atoms with Crippen LogP contribution in [0, 0.1) is 0 Å². The van der Waals surface area contributed by atoms with Gasteiger partial charge in [-0.05, 0) is 43.5 Å². The fourth-order valence-corrected chi connectivity index (χ4v) is 3.19. The van der Waals surface area contributed by atoms with E-state index in [1.807, 2.05) is 31.2 Å². The average Bonchev–Trinajstić information content (AvgIpc) is 2.70. The van der Waals surface area contributed by atoms with Gasteiger partial charge in [-0.1, -0.05) is 12.1 Å². The lowest BCUT2D eigenvalue weighted by atomic mass is 10.0. The van der Waals surface area contributed by atoms with Gasteiger partial charge < -0.3 is 15.0 Å². The minimum absolute atomic E-state index is 0.0313. The summed E-state index contributed by atoms with van der Waals surface area (Å²) in [6.45, 7) is 3.61. The molecule has 0 atom stereocenters. The number of nitrogens with zero attached hydrogens (tertiary/aromatic N) is 2. The number of carbonyl (C=O) groups excluding carboxylic acids is 2. The highest BCUT2D eigenvalue weighted by Crippen LogP contribution is 2.15. The summed E-state index contributed by atoms with van der Waals surface area (Å²) in [6, 6.07) is 10.3. The maximum Gasteiger partial charge on any atom is 0.274 e. The third-order valence-corrected chi connectivity index (χ3v) is 4.64. The van der Waals surface area contributed by atoms with Crippen molar-refractivity contribution >= 4 is 11.8 Å². The monoisotopic (exact) mass is 384 g/mol. The summed E-state index contributed by atoms with van der Waals surface area (Å²) in [7, 11) is 0. The topological polar surface area (TPSA) is 104 Å². The highest BCUT2D eigenvalue weighted by Gasteiger charge is 2.25. The number of hydrogen-bond donors (Lipinski definition) is 2. The number of amides is 2. The molecule has 0 unspecified atom stereocenters. The highest BCUT2D eigenvalue weighted by molar-refractivity contribution is 5.92. The molecule has 28 heavy (non-hydrogen) atoms. The lowest BCUT2D eigenvalue weighted by Crippen LogP contribution is -2.47. The van der Waals surface area contributed by atoms with Gasteiger partial charge in [0.05, 0.1) is 13.0 Å². The minimum Gasteiger partial charge on any atom is -0.494 e. The lowest BCUT2D eigenvalue weighted by Gasteiger charge is -2.32. The second-order valence-electron chi connectivity index (χ2n) is 6.69. The van der Waals surface area contributed by atoms with Crippen LogP contribution in [0.2, 0.25) is 0 Å². The normalized spacial score (nSPS) is 14.5. The summed E-state index contributed by atoms with van der Waals surface area (Å²) in [5, 5.41) is 9.09. The molecule has 1 aromatic heterocycles. The fraction of sp³-hybridized carbons (Fsp3) is 0.400. The van der Waals surface area contributed by atoms with Crippen molar-refractivity contribution in [2.24, 2.45) is 0 Å². The van der Waals surface area contributed by atoms with Gasteiger partial charge in [-0.3, -0.25) is 14.4 Å². The quantitative estimate of drug-likeness (QED) is 0.777. The molecule has 0 radical (unpaired) electrons. The number of H-pyrrole nitrogens is 1. The number of ether oxygens (including phenoxy) is 1. The Kier molecular flexibility index (Phi) is 6.41. The Labute approximate surface area is 162 Å². The number of piperidine rings is 1. The number of rotatable bonds is 6. The second kappa shape index (κ2) is 9.16. The number of nitrogens with one attached hydrogen (secondary N) is 2. The Bertz CT molecular complexity index is 850. The number of likely N-dealkylation sites (tertiary alicyclic amines) is 1. The SMILES string of the molecule is CCOc1ccc(CC(=O)NC2CCN(C(=O)c3ccc(=O)[nH]n3)CC2)cc1. The number of carbonyl (C=O) groups is 2. The van der Waals surface area contributed by atoms with Crippen LogP contribution >= 0.6 is 0 Å². The van der Waals surface area contributed by atoms with E-state index in [-0.39, 0.29) is 29.1 Å². The van der Waals surface area contributed by atoms with E-state index >= 15 is 0 Å². The molecule has 8 nitrogen and oxygen atoms in total. The van der Waals surface area contributed by atoms with Gasteiger partial charge in [0.2, 0.25) is 5.91 Å². The fourth-order valence-electron chi connectivity index (χ4n) is 3.19. The molecular weight excluding hydrogens is 360 g/mol. The van der Waals surface area contributed by atoms with Crippen LogP contribution in [0.3, 0.4) is 0 Å². The summed E-state index contributed by atoms with van der Waals surface area (Å²) in [5.41, 5.74) is 0.806. The third-order valence-electron chi connectivity index (χ3n) is 4.64. The van der Waals surface area contributed by atoms with Crippen LogP contribution in [0.5, 0.6) is 5.75 Å². The molecule has 1 fully saturated rings. The van der Waals surface area contributed by atoms with E-state index in [0.717, 1.165) is 11.3 Å². The standard InChI is InChI=1S/C20H24N4O4/c1-2-28-16-5-3-14(4-6-16)13-19(26)21-15-9-11-24(12-10-15)20(27)17-7-8-18(25)23-22-17/h3-8,15H,2,9-13H2,1H3,(H,21,26)(H,23,25). The van der Waals surface area contributed by atoms with Crippen molar-refractivity contribution in [1.29, 1.82) is 0 Å². The van der Waals surface area contributed by atoms with Crippen LogP contribution in [0.1, 0.15) is 35.8 Å². The Balaban J connectivity index is 1.45. The van der Waals surface area contributed by atoms with Crippen molar-refractivity contribution in [3.8, 4) is 5.75 Å². The Morgan fingerprint density at radius 3 is 2.50 bits per heavy atom. The van der Waals surface area contributed by atoms with Gasteiger partial charge in [0, 0.05) is 25.2 Å². The van der Waals surface area contributed by atoms with Gasteiger partial charge >= 0.3 is 0 Å². The first-order valence-electron chi connectivity index (χ1n) is 9.41. The van der Waals surface area contributed by atoms with Crippen LogP contribution in [-0.4, -0.2) is 52.6 Å². The number of aromatic nitrogens is 2. The van der Waals surface area contributed by atoms with E-state index in [0.29, 0.717) is 39.0 Å². The Morgan fingerprint density at radius 2 is 1.89 bits per heavy atom. The molecule has 0 spiro atoms. The van der Waals surface area contributed by atoms with E-state index in [1.165, 1.54) is 12.1 Å². The second-order valence-corrected chi connectivity index (χ2v) is 6.69. The molecule has 1 aromatic carbocycles. The van der Waals surface area contributed by atoms with Crippen molar-refractivity contribution in [2.45, 2.75) is 32.2 Å². The molecule has 2 N–H and O–H groups in total. The Morgan fingerprint density at radius 1 is 1.18 bits per heavy atom. The summed E-state index contributed by atoms with van der Waals surface area (Å²) >= 11 is 0. The van der Waals surface area contributed by atoms with Crippen LogP contribution in [0.15, 0.2) is 41.2 Å². The van der Waals surface area contributed by atoms with E-state index in [4.69, 9.17) is 4.74 Å². The van der Waals surface area contributed by atoms with E-state index in [1.54, 1.807) is 4.90 Å². The predicted octanol–water partition coefficient (Wildman–Crippen LogP) is 1.13. The molecule has 0 bridgehead atoms. The van der Waals surface area contributed by atoms with Crippen molar-refractivity contribution in [2.75, 3.05) is 19.7 Å². The zero-order valence-electron chi connectivity index (χ0n) is 15.8. The summed E-state index contributed by atoms with van der Waals surface area (Å²) < 4.78 is 5.40. The first-order chi connectivity index (χ1) is 13.5. The van der Waals surface area contributed by atoms with Crippen LogP contribution in [-0.2, 0) is 11.2 Å². The van der Waals surface area contributed by atoms with Crippen LogP contribution in [0.4, 0.5) is 0 Å². The molecule has 3 rings (SSSR count). The largest absolute Gasteiger partial charge is 0.494 e. The van der Waals surface area contributed by atoms with Crippen molar-refractivity contribution in [1.82, 2.24) is 20.4 Å². The predicted molar refractivity (Wildman–Crippen MR) is 103 cm³/mol. The van der Waals surface area contributed by atoms with E-state index in [2.05, 4.69) is 15.5 Å². The summed E-state index contributed by atoms with van der Waals surface area (Å²) in [4.78, 5) is 37.4. The molecule has 1 aliphatic rings. The highest BCUT2D eigenvalue weighted by atomic mass is 16.5. The van der Waals surface area contributed by atoms with Gasteiger partial charge in [-0.25, -0.2) is 5.10 Å². The van der Waals surface area contributed by atoms with Gasteiger partial charge in [0.25, 0.3) is 11.5 Å². The number of hydrogen-bond acceptors (Lipinski definition) is 5. The zero-order valence-corrected chi connectivity index (χ0v) is 15.8. The molecule has 1 aliphatic heterocycles. The first-order valence-corrected chi connectivity index (χ1v) is 9.41. The smallest absolute Gasteiger partial charge is 0.274 e. The number of aromatic amines is 1. The van der Waals surface area contributed by atoms with Crippen molar-refractivity contribution in [3.63, 3.8) is 0 Å². The van der Waals surface area contributed by atoms with E-state index in [9.17, 15) is 14.4 Å². The van der Waals surface area contributed by atoms with Gasteiger partial charge in [-0.15, -0.1) is 0 Å².